The molecule has 21 heavy (non-hydrogen) atoms. The van der Waals surface area contributed by atoms with Gasteiger partial charge in [0.25, 0.3) is 0 Å². The fourth-order valence-corrected chi connectivity index (χ4v) is 2.11. The number of rotatable bonds is 4. The molecule has 0 aliphatic carbocycles. The van der Waals surface area contributed by atoms with E-state index in [1.807, 2.05) is 48.5 Å². The summed E-state index contributed by atoms with van der Waals surface area (Å²) in [7, 11) is 0. The number of hydrogen-bond acceptors (Lipinski definition) is 3. The van der Waals surface area contributed by atoms with Crippen molar-refractivity contribution < 1.29 is 0 Å². The van der Waals surface area contributed by atoms with E-state index in [0.717, 1.165) is 16.1 Å². The SMILES string of the molecule is Clc1ccc(CNc2n[nH]c(-c3ccc(Cl)cc3)n2)cc1. The Morgan fingerprint density at radius 2 is 1.52 bits per heavy atom. The molecule has 0 amide bonds. The average Bonchev–Trinajstić information content (AvgIpc) is 2.96. The van der Waals surface area contributed by atoms with Crippen molar-refractivity contribution in [1.29, 1.82) is 0 Å². The normalized spacial score (nSPS) is 10.6. The van der Waals surface area contributed by atoms with Crippen molar-refractivity contribution in [2.45, 2.75) is 6.54 Å². The first-order valence-electron chi connectivity index (χ1n) is 6.37. The lowest BCUT2D eigenvalue weighted by molar-refractivity contribution is 1.04. The first kappa shape index (κ1) is 13.9. The van der Waals surface area contributed by atoms with Crippen molar-refractivity contribution >= 4 is 29.2 Å². The second-order valence-corrected chi connectivity index (χ2v) is 5.37. The Bertz CT molecular complexity index is 720. The van der Waals surface area contributed by atoms with Crippen molar-refractivity contribution in [3.8, 4) is 11.4 Å². The van der Waals surface area contributed by atoms with Crippen LogP contribution in [-0.4, -0.2) is 15.2 Å². The van der Waals surface area contributed by atoms with Gasteiger partial charge in [-0.05, 0) is 42.0 Å². The zero-order valence-corrected chi connectivity index (χ0v) is 12.5. The molecule has 0 saturated carbocycles. The van der Waals surface area contributed by atoms with Crippen LogP contribution in [0.15, 0.2) is 48.5 Å². The van der Waals surface area contributed by atoms with Crippen molar-refractivity contribution in [2.75, 3.05) is 5.32 Å². The zero-order chi connectivity index (χ0) is 14.7. The standard InChI is InChI=1S/C15H12Cl2N4/c16-12-5-1-10(2-6-12)9-18-15-19-14(20-21-15)11-3-7-13(17)8-4-11/h1-8H,9H2,(H2,18,19,20,21). The molecule has 6 heteroatoms. The van der Waals surface area contributed by atoms with Crippen LogP contribution in [0.1, 0.15) is 5.56 Å². The van der Waals surface area contributed by atoms with E-state index >= 15 is 0 Å². The van der Waals surface area contributed by atoms with Gasteiger partial charge in [0.15, 0.2) is 5.82 Å². The minimum absolute atomic E-state index is 0.551. The molecule has 0 bridgehead atoms. The molecule has 2 aromatic carbocycles. The van der Waals surface area contributed by atoms with E-state index in [0.29, 0.717) is 23.3 Å². The summed E-state index contributed by atoms with van der Waals surface area (Å²) in [5, 5.41) is 11.6. The summed E-state index contributed by atoms with van der Waals surface area (Å²) >= 11 is 11.7. The van der Waals surface area contributed by atoms with Crippen molar-refractivity contribution in [3.05, 3.63) is 64.1 Å². The predicted molar refractivity (Wildman–Crippen MR) is 85.6 cm³/mol. The molecule has 0 spiro atoms. The van der Waals surface area contributed by atoms with E-state index < -0.39 is 0 Å². The lowest BCUT2D eigenvalue weighted by Gasteiger charge is -2.01. The largest absolute Gasteiger partial charge is 0.349 e. The van der Waals surface area contributed by atoms with Crippen LogP contribution in [0.25, 0.3) is 11.4 Å². The minimum Gasteiger partial charge on any atom is -0.349 e. The van der Waals surface area contributed by atoms with E-state index in [1.165, 1.54) is 0 Å². The topological polar surface area (TPSA) is 53.6 Å². The summed E-state index contributed by atoms with van der Waals surface area (Å²) in [6, 6.07) is 15.1. The highest BCUT2D eigenvalue weighted by atomic mass is 35.5. The average molecular weight is 319 g/mol. The van der Waals surface area contributed by atoms with E-state index in [4.69, 9.17) is 23.2 Å². The Labute approximate surface area is 132 Å². The molecule has 0 atom stereocenters. The van der Waals surface area contributed by atoms with Gasteiger partial charge in [0.1, 0.15) is 0 Å². The molecule has 0 aliphatic heterocycles. The Hall–Kier alpha value is -2.04. The van der Waals surface area contributed by atoms with E-state index in [9.17, 15) is 0 Å². The molecule has 3 aromatic rings. The quantitative estimate of drug-likeness (QED) is 0.750. The molecule has 0 unspecified atom stereocenters. The number of benzene rings is 2. The van der Waals surface area contributed by atoms with Gasteiger partial charge in [-0.1, -0.05) is 35.3 Å². The third-order valence-electron chi connectivity index (χ3n) is 2.97. The number of anilines is 1. The molecular formula is C15H12Cl2N4. The summed E-state index contributed by atoms with van der Waals surface area (Å²) in [6.07, 6.45) is 0. The van der Waals surface area contributed by atoms with Crippen LogP contribution >= 0.6 is 23.2 Å². The van der Waals surface area contributed by atoms with Gasteiger partial charge in [-0.2, -0.15) is 4.98 Å². The van der Waals surface area contributed by atoms with Crippen LogP contribution in [0.2, 0.25) is 10.0 Å². The van der Waals surface area contributed by atoms with E-state index in [2.05, 4.69) is 20.5 Å². The third-order valence-corrected chi connectivity index (χ3v) is 3.47. The maximum atomic E-state index is 5.87. The molecule has 0 radical (unpaired) electrons. The Morgan fingerprint density at radius 1 is 0.905 bits per heavy atom. The monoisotopic (exact) mass is 318 g/mol. The van der Waals surface area contributed by atoms with Gasteiger partial charge < -0.3 is 5.32 Å². The number of aromatic amines is 1. The molecule has 0 saturated heterocycles. The number of H-pyrrole nitrogens is 1. The van der Waals surface area contributed by atoms with Gasteiger partial charge in [0.2, 0.25) is 5.95 Å². The highest BCUT2D eigenvalue weighted by Crippen LogP contribution is 2.19. The van der Waals surface area contributed by atoms with E-state index in [1.54, 1.807) is 0 Å². The van der Waals surface area contributed by atoms with Crippen molar-refractivity contribution in [2.24, 2.45) is 0 Å². The number of nitrogens with one attached hydrogen (secondary N) is 2. The first-order valence-corrected chi connectivity index (χ1v) is 7.13. The molecule has 0 fully saturated rings. The number of halogens is 2. The summed E-state index contributed by atoms with van der Waals surface area (Å²) in [4.78, 5) is 4.40. The Kier molecular flexibility index (Phi) is 4.08. The maximum Gasteiger partial charge on any atom is 0.242 e. The van der Waals surface area contributed by atoms with Gasteiger partial charge in [0, 0.05) is 22.2 Å². The molecule has 1 aromatic heterocycles. The lowest BCUT2D eigenvalue weighted by Crippen LogP contribution is -2.00. The van der Waals surface area contributed by atoms with Crippen LogP contribution in [0.4, 0.5) is 5.95 Å². The van der Waals surface area contributed by atoms with Crippen LogP contribution in [-0.2, 0) is 6.54 Å². The zero-order valence-electron chi connectivity index (χ0n) is 11.0. The molecule has 3 rings (SSSR count). The number of aromatic nitrogens is 3. The van der Waals surface area contributed by atoms with Crippen LogP contribution < -0.4 is 5.32 Å². The second-order valence-electron chi connectivity index (χ2n) is 4.49. The Morgan fingerprint density at radius 3 is 2.19 bits per heavy atom. The van der Waals surface area contributed by atoms with Crippen LogP contribution in [0, 0.1) is 0 Å². The Balaban J connectivity index is 1.67. The molecule has 0 aliphatic rings. The minimum atomic E-state index is 0.551. The second kappa shape index (κ2) is 6.16. The highest BCUT2D eigenvalue weighted by Gasteiger charge is 2.05. The highest BCUT2D eigenvalue weighted by molar-refractivity contribution is 6.30. The number of hydrogen-bond donors (Lipinski definition) is 2. The van der Waals surface area contributed by atoms with Gasteiger partial charge in [-0.25, -0.2) is 0 Å². The van der Waals surface area contributed by atoms with Crippen molar-refractivity contribution in [3.63, 3.8) is 0 Å². The van der Waals surface area contributed by atoms with Crippen LogP contribution in [0.5, 0.6) is 0 Å². The summed E-state index contributed by atoms with van der Waals surface area (Å²) in [5.74, 6) is 1.25. The smallest absolute Gasteiger partial charge is 0.242 e. The molecule has 2 N–H and O–H groups in total. The summed E-state index contributed by atoms with van der Waals surface area (Å²) < 4.78 is 0. The molecule has 4 nitrogen and oxygen atoms in total. The fourth-order valence-electron chi connectivity index (χ4n) is 1.86. The molecule has 106 valence electrons. The van der Waals surface area contributed by atoms with Gasteiger partial charge >= 0.3 is 0 Å². The van der Waals surface area contributed by atoms with Crippen molar-refractivity contribution in [1.82, 2.24) is 15.2 Å². The fraction of sp³-hybridized carbons (Fsp3) is 0.0667. The third kappa shape index (κ3) is 3.54. The number of nitrogens with zero attached hydrogens (tertiary/aromatic N) is 2. The van der Waals surface area contributed by atoms with Gasteiger partial charge in [-0.15, -0.1) is 5.10 Å². The summed E-state index contributed by atoms with van der Waals surface area (Å²) in [6.45, 7) is 0.634. The van der Waals surface area contributed by atoms with E-state index in [-0.39, 0.29) is 0 Å². The first-order chi connectivity index (χ1) is 10.2. The predicted octanol–water partition coefficient (Wildman–Crippen LogP) is 4.39. The lowest BCUT2D eigenvalue weighted by atomic mass is 10.2. The summed E-state index contributed by atoms with van der Waals surface area (Å²) in [5.41, 5.74) is 2.05. The van der Waals surface area contributed by atoms with Gasteiger partial charge in [0.05, 0.1) is 0 Å². The van der Waals surface area contributed by atoms with Gasteiger partial charge in [-0.3, -0.25) is 5.10 Å². The molecular weight excluding hydrogens is 307 g/mol. The van der Waals surface area contributed by atoms with Crippen LogP contribution in [0.3, 0.4) is 0 Å². The maximum absolute atomic E-state index is 5.87. The molecule has 1 heterocycles.